The summed E-state index contributed by atoms with van der Waals surface area (Å²) in [4.78, 5) is 12.6. The van der Waals surface area contributed by atoms with Gasteiger partial charge in [0.2, 0.25) is 0 Å². The number of allylic oxidation sites excluding steroid dienone is 5. The molecule has 21 heavy (non-hydrogen) atoms. The molecule has 0 fully saturated rings. The highest BCUT2D eigenvalue weighted by Gasteiger charge is 2.21. The fourth-order valence-corrected chi connectivity index (χ4v) is 2.92. The molecular formula is C20H32O. The first-order valence-corrected chi connectivity index (χ1v) is 8.35. The van der Waals surface area contributed by atoms with E-state index >= 15 is 0 Å². The Balaban J connectivity index is 3.08. The Hall–Kier alpha value is -1.11. The number of rotatable bonds is 2. The lowest BCUT2D eigenvalue weighted by atomic mass is 9.84. The minimum absolute atomic E-state index is 0.0893. The van der Waals surface area contributed by atoms with Crippen LogP contribution in [0.3, 0.4) is 0 Å². The van der Waals surface area contributed by atoms with Crippen molar-refractivity contribution in [1.29, 1.82) is 0 Å². The molecule has 0 aromatic heterocycles. The van der Waals surface area contributed by atoms with E-state index in [9.17, 15) is 4.79 Å². The Labute approximate surface area is 131 Å². The van der Waals surface area contributed by atoms with Gasteiger partial charge in [0.15, 0.2) is 0 Å². The van der Waals surface area contributed by atoms with Crippen LogP contribution in [0.25, 0.3) is 0 Å². The van der Waals surface area contributed by atoms with Crippen molar-refractivity contribution in [2.24, 2.45) is 17.8 Å². The minimum atomic E-state index is -0.0893. The van der Waals surface area contributed by atoms with Gasteiger partial charge in [-0.3, -0.25) is 4.79 Å². The first-order valence-electron chi connectivity index (χ1n) is 8.35. The second-order valence-corrected chi connectivity index (χ2v) is 7.12. The van der Waals surface area contributed by atoms with E-state index in [-0.39, 0.29) is 5.92 Å². The first kappa shape index (κ1) is 17.9. The van der Waals surface area contributed by atoms with Crippen molar-refractivity contribution in [1.82, 2.24) is 0 Å². The average molecular weight is 288 g/mol. The standard InChI is InChI=1S/C20H32O/c1-14(2)18-11-10-16(5)8-7-9-17(6)12-20(21)19(13-18)15(3)4/h8,13-14,17,19H,3,7,9-12H2,1-2,4-6H3/b16-8+,18-13+/t17-,19?/m0/s1. The predicted octanol–water partition coefficient (Wildman–Crippen LogP) is 5.88. The van der Waals surface area contributed by atoms with E-state index in [0.717, 1.165) is 31.3 Å². The highest BCUT2D eigenvalue weighted by molar-refractivity contribution is 5.85. The zero-order valence-corrected chi connectivity index (χ0v) is 14.5. The molecule has 0 amide bonds. The molecule has 0 aliphatic heterocycles. The highest BCUT2D eigenvalue weighted by atomic mass is 16.1. The van der Waals surface area contributed by atoms with Gasteiger partial charge in [0.05, 0.1) is 5.92 Å². The second-order valence-electron chi connectivity index (χ2n) is 7.12. The molecule has 118 valence electrons. The van der Waals surface area contributed by atoms with Crippen LogP contribution < -0.4 is 0 Å². The molecule has 0 spiro atoms. The number of hydrogen-bond acceptors (Lipinski definition) is 1. The normalized spacial score (nSPS) is 30.7. The summed E-state index contributed by atoms with van der Waals surface area (Å²) in [5.74, 6) is 1.20. The van der Waals surface area contributed by atoms with Crippen LogP contribution in [0.5, 0.6) is 0 Å². The second kappa shape index (κ2) is 8.36. The SMILES string of the molecule is C=C(C)C1/C=C(/C(C)C)CC/C(C)=C/CC[C@H](C)CC1=O. The lowest BCUT2D eigenvalue weighted by Crippen LogP contribution is -2.18. The fourth-order valence-electron chi connectivity index (χ4n) is 2.92. The summed E-state index contributed by atoms with van der Waals surface area (Å²) in [6.07, 6.45) is 9.60. The maximum atomic E-state index is 12.6. The van der Waals surface area contributed by atoms with Gasteiger partial charge in [-0.15, -0.1) is 0 Å². The number of hydrogen-bond donors (Lipinski definition) is 0. The minimum Gasteiger partial charge on any atom is -0.299 e. The molecule has 1 rings (SSSR count). The van der Waals surface area contributed by atoms with Crippen LogP contribution in [-0.2, 0) is 4.79 Å². The van der Waals surface area contributed by atoms with Crippen LogP contribution in [0.15, 0.2) is 35.5 Å². The largest absolute Gasteiger partial charge is 0.299 e. The van der Waals surface area contributed by atoms with Crippen LogP contribution in [0, 0.1) is 17.8 Å². The highest BCUT2D eigenvalue weighted by Crippen LogP contribution is 2.27. The summed E-state index contributed by atoms with van der Waals surface area (Å²) in [6, 6.07) is 0. The molecule has 0 heterocycles. The van der Waals surface area contributed by atoms with Crippen molar-refractivity contribution in [3.05, 3.63) is 35.5 Å². The fraction of sp³-hybridized carbons (Fsp3) is 0.650. The number of ketones is 1. The van der Waals surface area contributed by atoms with E-state index in [1.165, 1.54) is 11.1 Å². The maximum absolute atomic E-state index is 12.6. The van der Waals surface area contributed by atoms with E-state index in [1.807, 2.05) is 6.92 Å². The molecule has 2 atom stereocenters. The van der Waals surface area contributed by atoms with Crippen molar-refractivity contribution in [3.8, 4) is 0 Å². The van der Waals surface area contributed by atoms with E-state index in [4.69, 9.17) is 0 Å². The Morgan fingerprint density at radius 1 is 1.33 bits per heavy atom. The van der Waals surface area contributed by atoms with Gasteiger partial charge in [-0.2, -0.15) is 0 Å². The summed E-state index contributed by atoms with van der Waals surface area (Å²) < 4.78 is 0. The topological polar surface area (TPSA) is 17.1 Å². The molecule has 1 heteroatoms. The van der Waals surface area contributed by atoms with Crippen molar-refractivity contribution >= 4 is 5.78 Å². The zero-order valence-electron chi connectivity index (χ0n) is 14.5. The Bertz CT molecular complexity index is 437. The van der Waals surface area contributed by atoms with E-state index in [1.54, 1.807) is 0 Å². The van der Waals surface area contributed by atoms with Crippen LogP contribution in [0.2, 0.25) is 0 Å². The third-order valence-electron chi connectivity index (χ3n) is 4.51. The smallest absolute Gasteiger partial charge is 0.144 e. The lowest BCUT2D eigenvalue weighted by Gasteiger charge is -2.20. The van der Waals surface area contributed by atoms with Gasteiger partial charge in [-0.1, -0.05) is 56.2 Å². The molecule has 1 nitrogen and oxygen atoms in total. The first-order chi connectivity index (χ1) is 9.81. The van der Waals surface area contributed by atoms with Crippen molar-refractivity contribution in [2.45, 2.75) is 66.7 Å². The molecule has 0 bridgehead atoms. The number of carbonyl (C=O) groups is 1. The van der Waals surface area contributed by atoms with Crippen LogP contribution in [0.4, 0.5) is 0 Å². The Kier molecular flexibility index (Phi) is 7.14. The number of Topliss-reactive ketones (excluding diaryl/α,β-unsaturated/α-hetero) is 1. The molecule has 1 unspecified atom stereocenters. The van der Waals surface area contributed by atoms with Crippen LogP contribution in [-0.4, -0.2) is 5.78 Å². The molecule has 0 N–H and O–H groups in total. The summed E-state index contributed by atoms with van der Waals surface area (Å²) in [6.45, 7) is 14.9. The number of carbonyl (C=O) groups excluding carboxylic acids is 1. The molecule has 1 aliphatic carbocycles. The van der Waals surface area contributed by atoms with E-state index in [0.29, 0.717) is 24.0 Å². The Morgan fingerprint density at radius 2 is 2.00 bits per heavy atom. The maximum Gasteiger partial charge on any atom is 0.144 e. The van der Waals surface area contributed by atoms with Crippen molar-refractivity contribution in [2.75, 3.05) is 0 Å². The molecule has 0 radical (unpaired) electrons. The van der Waals surface area contributed by atoms with E-state index in [2.05, 4.69) is 46.4 Å². The van der Waals surface area contributed by atoms with Crippen LogP contribution >= 0.6 is 0 Å². The van der Waals surface area contributed by atoms with Crippen LogP contribution in [0.1, 0.15) is 66.7 Å². The quantitative estimate of drug-likeness (QED) is 0.580. The van der Waals surface area contributed by atoms with Crippen molar-refractivity contribution < 1.29 is 4.79 Å². The summed E-state index contributed by atoms with van der Waals surface area (Å²) in [5, 5.41) is 0. The van der Waals surface area contributed by atoms with E-state index < -0.39 is 0 Å². The molecule has 0 saturated carbocycles. The van der Waals surface area contributed by atoms with Gasteiger partial charge >= 0.3 is 0 Å². The Morgan fingerprint density at radius 3 is 2.57 bits per heavy atom. The molecular weight excluding hydrogens is 256 g/mol. The summed E-state index contributed by atoms with van der Waals surface area (Å²) in [5.41, 5.74) is 3.86. The molecule has 0 aromatic carbocycles. The average Bonchev–Trinajstić information content (AvgIpc) is 2.36. The van der Waals surface area contributed by atoms with Gasteiger partial charge in [-0.25, -0.2) is 0 Å². The van der Waals surface area contributed by atoms with Gasteiger partial charge < -0.3 is 0 Å². The summed E-state index contributed by atoms with van der Waals surface area (Å²) >= 11 is 0. The lowest BCUT2D eigenvalue weighted by molar-refractivity contribution is -0.121. The third kappa shape index (κ3) is 6.03. The monoisotopic (exact) mass is 288 g/mol. The van der Waals surface area contributed by atoms with Gasteiger partial charge in [0.25, 0.3) is 0 Å². The molecule has 0 saturated heterocycles. The van der Waals surface area contributed by atoms with Crippen molar-refractivity contribution in [3.63, 3.8) is 0 Å². The van der Waals surface area contributed by atoms with Gasteiger partial charge in [-0.05, 0) is 51.4 Å². The van der Waals surface area contributed by atoms with Gasteiger partial charge in [0.1, 0.15) is 5.78 Å². The molecule has 1 aliphatic rings. The molecule has 0 aromatic rings. The van der Waals surface area contributed by atoms with Gasteiger partial charge in [0, 0.05) is 6.42 Å². The third-order valence-corrected chi connectivity index (χ3v) is 4.51. The zero-order chi connectivity index (χ0) is 16.0. The summed E-state index contributed by atoms with van der Waals surface area (Å²) in [7, 11) is 0. The predicted molar refractivity (Wildman–Crippen MR) is 92.2 cm³/mol.